The van der Waals surface area contributed by atoms with Crippen LogP contribution in [0.15, 0.2) is 53.9 Å². The second-order valence-electron chi connectivity index (χ2n) is 10.4. The molecule has 1 saturated heterocycles. The fourth-order valence-electron chi connectivity index (χ4n) is 5.10. The van der Waals surface area contributed by atoms with Crippen molar-refractivity contribution in [2.45, 2.75) is 39.7 Å². The molecule has 1 aliphatic heterocycles. The molecule has 1 aromatic heterocycles. The molecule has 0 aliphatic carbocycles. The number of nitrogens with zero attached hydrogens (tertiary/aromatic N) is 3. The minimum Gasteiger partial charge on any atom is -0.493 e. The Morgan fingerprint density at radius 3 is 2.33 bits per heavy atom. The lowest BCUT2D eigenvalue weighted by atomic mass is 10.1. The number of thiophene rings is 1. The predicted molar refractivity (Wildman–Crippen MR) is 160 cm³/mol. The highest BCUT2D eigenvalue weighted by Crippen LogP contribution is 2.28. The van der Waals surface area contributed by atoms with E-state index in [1.807, 2.05) is 54.3 Å². The van der Waals surface area contributed by atoms with Crippen molar-refractivity contribution >= 4 is 23.2 Å². The van der Waals surface area contributed by atoms with Crippen molar-refractivity contribution in [3.05, 3.63) is 81.0 Å². The summed E-state index contributed by atoms with van der Waals surface area (Å²) in [7, 11) is 3.24. The summed E-state index contributed by atoms with van der Waals surface area (Å²) in [6, 6.07) is 15.6. The van der Waals surface area contributed by atoms with E-state index in [-0.39, 0.29) is 18.4 Å². The van der Waals surface area contributed by atoms with Gasteiger partial charge in [0.15, 0.2) is 11.5 Å². The molecule has 214 valence electrons. The number of ether oxygens (including phenoxy) is 2. The van der Waals surface area contributed by atoms with Crippen molar-refractivity contribution in [2.24, 2.45) is 0 Å². The molecule has 0 N–H and O–H groups in total. The number of hydrogen-bond donors (Lipinski definition) is 0. The Morgan fingerprint density at radius 1 is 0.900 bits per heavy atom. The third-order valence-electron chi connectivity index (χ3n) is 7.65. The smallest absolute Gasteiger partial charge is 0.254 e. The van der Waals surface area contributed by atoms with Crippen molar-refractivity contribution in [1.82, 2.24) is 14.7 Å². The van der Waals surface area contributed by atoms with Gasteiger partial charge in [-0.05, 0) is 92.5 Å². The van der Waals surface area contributed by atoms with E-state index >= 15 is 0 Å². The van der Waals surface area contributed by atoms with Gasteiger partial charge in [0.05, 0.1) is 20.8 Å². The largest absolute Gasteiger partial charge is 0.493 e. The van der Waals surface area contributed by atoms with E-state index in [1.54, 1.807) is 30.5 Å². The highest BCUT2D eigenvalue weighted by atomic mass is 32.1. The molecule has 2 heterocycles. The number of likely N-dealkylation sites (tertiary alicyclic amines) is 1. The highest BCUT2D eigenvalue weighted by molar-refractivity contribution is 7.10. The standard InChI is InChI=1S/C32H41N3O4S/c1-24-9-5-6-10-27(24)32(37)35(19-18-33-15-7-8-16-33)23-31(36)34(22-30-25(2)14-20-40-30)17-13-26-11-12-28(38-3)29(21-26)39-4/h5-6,9-12,14,20-21H,7-8,13,15-19,22-23H2,1-4H3. The molecule has 0 bridgehead atoms. The van der Waals surface area contributed by atoms with Gasteiger partial charge >= 0.3 is 0 Å². The minimum atomic E-state index is -0.0854. The van der Waals surface area contributed by atoms with Gasteiger partial charge in [0, 0.05) is 30.1 Å². The summed E-state index contributed by atoms with van der Waals surface area (Å²) >= 11 is 1.66. The average molecular weight is 564 g/mol. The van der Waals surface area contributed by atoms with Crippen molar-refractivity contribution in [2.75, 3.05) is 53.5 Å². The Bertz CT molecular complexity index is 1280. The number of amides is 2. The number of hydrogen-bond acceptors (Lipinski definition) is 6. The van der Waals surface area contributed by atoms with Crippen LogP contribution < -0.4 is 9.47 Å². The van der Waals surface area contributed by atoms with Gasteiger partial charge in [0.1, 0.15) is 6.54 Å². The van der Waals surface area contributed by atoms with Crippen LogP contribution in [-0.4, -0.2) is 80.0 Å². The molecular weight excluding hydrogens is 522 g/mol. The minimum absolute atomic E-state index is 0.0448. The Morgan fingerprint density at radius 2 is 1.65 bits per heavy atom. The Hall–Kier alpha value is -3.36. The van der Waals surface area contributed by atoms with Gasteiger partial charge in [-0.25, -0.2) is 0 Å². The van der Waals surface area contributed by atoms with Crippen molar-refractivity contribution in [3.63, 3.8) is 0 Å². The second kappa shape index (κ2) is 14.3. The lowest BCUT2D eigenvalue weighted by Gasteiger charge is -2.29. The van der Waals surface area contributed by atoms with Gasteiger partial charge in [0.2, 0.25) is 5.91 Å². The number of carbonyl (C=O) groups is 2. The summed E-state index contributed by atoms with van der Waals surface area (Å²) in [6.07, 6.45) is 3.04. The van der Waals surface area contributed by atoms with Gasteiger partial charge < -0.3 is 24.2 Å². The SMILES string of the molecule is COc1ccc(CCN(Cc2sccc2C)C(=O)CN(CCN2CCCC2)C(=O)c2ccccc2C)cc1OC. The Balaban J connectivity index is 1.53. The maximum atomic E-state index is 13.9. The molecule has 0 atom stereocenters. The van der Waals surface area contributed by atoms with Crippen molar-refractivity contribution < 1.29 is 19.1 Å². The first-order valence-electron chi connectivity index (χ1n) is 14.0. The summed E-state index contributed by atoms with van der Waals surface area (Å²) in [5.41, 5.74) is 3.81. The van der Waals surface area contributed by atoms with Crippen LogP contribution in [0.5, 0.6) is 11.5 Å². The fraction of sp³-hybridized carbons (Fsp3) is 0.438. The number of methoxy groups -OCH3 is 2. The summed E-state index contributed by atoms with van der Waals surface area (Å²) in [5, 5.41) is 2.06. The maximum Gasteiger partial charge on any atom is 0.254 e. The van der Waals surface area contributed by atoms with Crippen LogP contribution in [0.25, 0.3) is 0 Å². The van der Waals surface area contributed by atoms with Crippen LogP contribution >= 0.6 is 11.3 Å². The molecule has 1 aliphatic rings. The summed E-state index contributed by atoms with van der Waals surface area (Å²) in [4.78, 5) is 34.8. The van der Waals surface area contributed by atoms with E-state index in [2.05, 4.69) is 23.3 Å². The zero-order chi connectivity index (χ0) is 28.5. The normalized spacial score (nSPS) is 13.3. The van der Waals surface area contributed by atoms with E-state index in [9.17, 15) is 9.59 Å². The topological polar surface area (TPSA) is 62.3 Å². The first-order valence-corrected chi connectivity index (χ1v) is 14.9. The van der Waals surface area contributed by atoms with E-state index in [0.717, 1.165) is 35.6 Å². The van der Waals surface area contributed by atoms with Gasteiger partial charge in [-0.3, -0.25) is 9.59 Å². The highest BCUT2D eigenvalue weighted by Gasteiger charge is 2.25. The van der Waals surface area contributed by atoms with Crippen LogP contribution in [0.1, 0.15) is 44.8 Å². The van der Waals surface area contributed by atoms with Crippen molar-refractivity contribution in [1.29, 1.82) is 0 Å². The van der Waals surface area contributed by atoms with E-state index < -0.39 is 0 Å². The first kappa shape index (κ1) is 29.6. The molecule has 2 aromatic carbocycles. The van der Waals surface area contributed by atoms with Gasteiger partial charge in [-0.2, -0.15) is 0 Å². The van der Waals surface area contributed by atoms with Crippen LogP contribution in [0, 0.1) is 13.8 Å². The number of rotatable bonds is 13. The molecule has 7 nitrogen and oxygen atoms in total. The number of aryl methyl sites for hydroxylation is 2. The quantitative estimate of drug-likeness (QED) is 0.286. The molecule has 0 unspecified atom stereocenters. The van der Waals surface area contributed by atoms with Gasteiger partial charge in [0.25, 0.3) is 5.91 Å². The van der Waals surface area contributed by atoms with Crippen LogP contribution in [0.3, 0.4) is 0 Å². The zero-order valence-electron chi connectivity index (χ0n) is 24.2. The van der Waals surface area contributed by atoms with Crippen LogP contribution in [0.4, 0.5) is 0 Å². The molecule has 0 radical (unpaired) electrons. The molecule has 40 heavy (non-hydrogen) atoms. The average Bonchev–Trinajstić information content (AvgIpc) is 3.64. The van der Waals surface area contributed by atoms with E-state index in [0.29, 0.717) is 43.1 Å². The van der Waals surface area contributed by atoms with Crippen LogP contribution in [-0.2, 0) is 17.8 Å². The van der Waals surface area contributed by atoms with E-state index in [1.165, 1.54) is 18.4 Å². The summed E-state index contributed by atoms with van der Waals surface area (Å²) in [5.74, 6) is 1.22. The van der Waals surface area contributed by atoms with Gasteiger partial charge in [-0.1, -0.05) is 24.3 Å². The number of carbonyl (C=O) groups excluding carboxylic acids is 2. The summed E-state index contributed by atoms with van der Waals surface area (Å²) in [6.45, 7) is 8.54. The molecule has 3 aromatic rings. The molecule has 8 heteroatoms. The lowest BCUT2D eigenvalue weighted by molar-refractivity contribution is -0.132. The molecule has 0 spiro atoms. The Kier molecular flexibility index (Phi) is 10.6. The third-order valence-corrected chi connectivity index (χ3v) is 8.66. The summed E-state index contributed by atoms with van der Waals surface area (Å²) < 4.78 is 10.9. The van der Waals surface area contributed by atoms with Crippen LogP contribution in [0.2, 0.25) is 0 Å². The predicted octanol–water partition coefficient (Wildman–Crippen LogP) is 5.19. The molecular formula is C32H41N3O4S. The fourth-order valence-corrected chi connectivity index (χ4v) is 6.02. The number of benzene rings is 2. The molecule has 4 rings (SSSR count). The van der Waals surface area contributed by atoms with Gasteiger partial charge in [-0.15, -0.1) is 11.3 Å². The monoisotopic (exact) mass is 563 g/mol. The Labute approximate surface area is 242 Å². The molecule has 2 amide bonds. The van der Waals surface area contributed by atoms with E-state index in [4.69, 9.17) is 9.47 Å². The first-order chi connectivity index (χ1) is 19.4. The second-order valence-corrected chi connectivity index (χ2v) is 11.4. The zero-order valence-corrected chi connectivity index (χ0v) is 25.0. The molecule has 0 saturated carbocycles. The third kappa shape index (κ3) is 7.64. The maximum absolute atomic E-state index is 13.9. The van der Waals surface area contributed by atoms with Crippen molar-refractivity contribution in [3.8, 4) is 11.5 Å². The lowest BCUT2D eigenvalue weighted by Crippen LogP contribution is -2.46. The molecule has 1 fully saturated rings.